The first-order valence-corrected chi connectivity index (χ1v) is 35.6. The van der Waals surface area contributed by atoms with Gasteiger partial charge in [0, 0.05) is 88.5 Å². The van der Waals surface area contributed by atoms with Gasteiger partial charge in [0.25, 0.3) is 6.71 Å². The zero-order valence-corrected chi connectivity index (χ0v) is 56.0. The molecule has 20 aromatic rings. The van der Waals surface area contributed by atoms with Crippen molar-refractivity contribution in [3.8, 4) is 44.8 Å². The molecule has 0 fully saturated rings. The van der Waals surface area contributed by atoms with Crippen LogP contribution in [0.1, 0.15) is 0 Å². The van der Waals surface area contributed by atoms with Crippen LogP contribution < -0.4 is 31.1 Å². The topological polar surface area (TPSA) is 24.0 Å². The summed E-state index contributed by atoms with van der Waals surface area (Å²) in [5.41, 5.74) is 30.6. The lowest BCUT2D eigenvalue weighted by atomic mass is 9.33. The van der Waals surface area contributed by atoms with Gasteiger partial charge in [-0.05, 0) is 147 Å². The Bertz CT molecular complexity index is 6660. The highest BCUT2D eigenvalue weighted by atomic mass is 15.2. The molecule has 0 spiro atoms. The third kappa shape index (κ3) is 8.51. The molecule has 16 aromatic carbocycles. The van der Waals surface area contributed by atoms with E-state index in [2.05, 4.69) is 398 Å². The van der Waals surface area contributed by atoms with Gasteiger partial charge in [-0.1, -0.05) is 267 Å². The Labute approximate surface area is 595 Å². The molecule has 6 nitrogen and oxygen atoms in total. The minimum absolute atomic E-state index is 0.273. The third-order valence-corrected chi connectivity index (χ3v) is 22.1. The fourth-order valence-corrected chi connectivity index (χ4v) is 17.8. The van der Waals surface area contributed by atoms with E-state index in [9.17, 15) is 0 Å². The lowest BCUT2D eigenvalue weighted by molar-refractivity contribution is 1.14. The Morgan fingerprint density at radius 1 is 0.223 bits per heavy atom. The van der Waals surface area contributed by atoms with Gasteiger partial charge in [-0.15, -0.1) is 0 Å². The molecule has 0 radical (unpaired) electrons. The van der Waals surface area contributed by atoms with E-state index in [1.54, 1.807) is 0 Å². The monoisotopic (exact) mass is 1310 g/mol. The van der Waals surface area contributed by atoms with E-state index in [0.29, 0.717) is 0 Å². The average molecular weight is 1310 g/mol. The maximum absolute atomic E-state index is 2.66. The lowest BCUT2D eigenvalue weighted by Crippen LogP contribution is -2.61. The summed E-state index contributed by atoms with van der Waals surface area (Å²) in [6, 6.07) is 138. The number of hydrogen-bond acceptors (Lipinski definition) is 3. The third-order valence-electron chi connectivity index (χ3n) is 22.1. The van der Waals surface area contributed by atoms with Crippen LogP contribution in [-0.2, 0) is 0 Å². The molecule has 0 aliphatic carbocycles. The molecule has 0 N–H and O–H groups in total. The Hall–Kier alpha value is -13.6. The molecule has 0 atom stereocenters. The Morgan fingerprint density at radius 2 is 0.641 bits per heavy atom. The van der Waals surface area contributed by atoms with Gasteiger partial charge in [0.15, 0.2) is 0 Å². The highest BCUT2D eigenvalue weighted by Gasteiger charge is 2.46. The van der Waals surface area contributed by atoms with Gasteiger partial charge in [-0.2, -0.15) is 0 Å². The number of hydrogen-bond donors (Lipinski definition) is 0. The van der Waals surface area contributed by atoms with E-state index in [0.717, 1.165) is 118 Å². The fourth-order valence-electron chi connectivity index (χ4n) is 17.8. The maximum atomic E-state index is 2.66. The van der Waals surface area contributed by atoms with Gasteiger partial charge >= 0.3 is 0 Å². The Morgan fingerprint density at radius 3 is 1.22 bits per heavy atom. The first-order valence-electron chi connectivity index (χ1n) is 35.6. The van der Waals surface area contributed by atoms with Crippen LogP contribution in [0.2, 0.25) is 0 Å². The predicted octanol–water partition coefficient (Wildman–Crippen LogP) is 23.6. The molecule has 7 heteroatoms. The fraction of sp³-hybridized carbons (Fsp3) is 0. The SMILES string of the molecule is c1ccc(-c2cccc(N(c3cccc(-c4ccccc4)c3)c3ccc4c(c3)N(c3ccccc3-c3ccccc3)c3cc(-n5c6ccccc6c6ccccc65)cc5c3B4c3cc4c6cccc7c8ccccc8n(c4cc3N5c3ccccc3-n3c4ccccc4c4ccccc43)c76)c2)cc1. The van der Waals surface area contributed by atoms with Gasteiger partial charge in [0.1, 0.15) is 0 Å². The zero-order valence-electron chi connectivity index (χ0n) is 56.0. The first kappa shape index (κ1) is 57.3. The van der Waals surface area contributed by atoms with E-state index in [-0.39, 0.29) is 6.71 Å². The molecule has 2 aliphatic heterocycles. The highest BCUT2D eigenvalue weighted by molar-refractivity contribution is 7.00. The number of aromatic nitrogens is 3. The number of anilines is 9. The summed E-state index contributed by atoms with van der Waals surface area (Å²) in [5, 5.41) is 9.82. The van der Waals surface area contributed by atoms with Crippen LogP contribution in [0.5, 0.6) is 0 Å². The molecule has 4 aromatic heterocycles. The van der Waals surface area contributed by atoms with Gasteiger partial charge in [0.05, 0.1) is 61.4 Å². The minimum atomic E-state index is -0.273. The number of nitrogens with zero attached hydrogens (tertiary/aromatic N) is 6. The van der Waals surface area contributed by atoms with Crippen LogP contribution in [0.25, 0.3) is 126 Å². The zero-order chi connectivity index (χ0) is 67.4. The van der Waals surface area contributed by atoms with Crippen LogP contribution in [0, 0.1) is 0 Å². The van der Waals surface area contributed by atoms with E-state index < -0.39 is 0 Å². The van der Waals surface area contributed by atoms with Crippen LogP contribution in [0.3, 0.4) is 0 Å². The number of para-hydroxylation sites is 9. The van der Waals surface area contributed by atoms with Crippen molar-refractivity contribution in [3.63, 3.8) is 0 Å². The molecule has 0 amide bonds. The van der Waals surface area contributed by atoms with E-state index in [1.807, 2.05) is 0 Å². The van der Waals surface area contributed by atoms with Gasteiger partial charge in [-0.25, -0.2) is 0 Å². The van der Waals surface area contributed by atoms with Crippen LogP contribution in [0.4, 0.5) is 51.2 Å². The van der Waals surface area contributed by atoms with Gasteiger partial charge in [-0.3, -0.25) is 0 Å². The van der Waals surface area contributed by atoms with Crippen LogP contribution in [-0.4, -0.2) is 20.2 Å². The molecular weight excluding hydrogens is 1250 g/mol. The molecule has 478 valence electrons. The van der Waals surface area contributed by atoms with Crippen molar-refractivity contribution in [2.24, 2.45) is 0 Å². The summed E-state index contributed by atoms with van der Waals surface area (Å²) >= 11 is 0. The summed E-state index contributed by atoms with van der Waals surface area (Å²) in [4.78, 5) is 7.78. The molecule has 0 saturated heterocycles. The summed E-state index contributed by atoms with van der Waals surface area (Å²) < 4.78 is 7.59. The summed E-state index contributed by atoms with van der Waals surface area (Å²) in [5.74, 6) is 0. The van der Waals surface area contributed by atoms with Crippen molar-refractivity contribution in [1.29, 1.82) is 0 Å². The van der Waals surface area contributed by atoms with Gasteiger partial charge < -0.3 is 28.2 Å². The first-order chi connectivity index (χ1) is 51.1. The number of fused-ring (bicyclic) bond motifs is 16. The van der Waals surface area contributed by atoms with E-state index in [4.69, 9.17) is 0 Å². The molecule has 22 rings (SSSR count). The molecule has 0 bridgehead atoms. The largest absolute Gasteiger partial charge is 0.311 e. The minimum Gasteiger partial charge on any atom is -0.311 e. The standard InChI is InChI=1S/C96H61BN6/c1-4-27-62(28-5-1)65-33-24-35-67(55-65)98(68-36-25-34-66(56-68)63-29-6-2-7-30-63)69-53-54-80-91(57-69)101(82-45-16-10-37-71(82)64-31-8-3-9-32-64)93-58-70(99-83-46-17-11-38-72(83)73-39-12-18-47-84(73)99)59-94-95(93)97(80)81-60-79-78-44-26-43-77-76-42-15-21-50-87(76)103(96(77)78)90(79)61-92(81)102(94)89-52-23-22-51-88(89)100-85-48-19-13-40-74(85)75-41-14-20-49-86(75)100/h1-61H. The van der Waals surface area contributed by atoms with Crippen LogP contribution >= 0.6 is 0 Å². The molecule has 6 heterocycles. The normalized spacial score (nSPS) is 12.6. The lowest BCUT2D eigenvalue weighted by Gasteiger charge is -2.45. The van der Waals surface area contributed by atoms with Crippen molar-refractivity contribution >= 4 is 156 Å². The van der Waals surface area contributed by atoms with E-state index >= 15 is 0 Å². The number of rotatable bonds is 10. The molecule has 0 saturated carbocycles. The average Bonchev–Trinajstić information content (AvgIpc) is 1.46. The van der Waals surface area contributed by atoms with Gasteiger partial charge in [0.2, 0.25) is 0 Å². The maximum Gasteiger partial charge on any atom is 0.252 e. The van der Waals surface area contributed by atoms with E-state index in [1.165, 1.54) is 76.0 Å². The molecule has 0 unspecified atom stereocenters. The van der Waals surface area contributed by atoms with Crippen molar-refractivity contribution in [2.75, 3.05) is 14.7 Å². The highest BCUT2D eigenvalue weighted by Crippen LogP contribution is 2.53. The summed E-state index contributed by atoms with van der Waals surface area (Å²) in [7, 11) is 0. The van der Waals surface area contributed by atoms with Crippen molar-refractivity contribution in [3.05, 3.63) is 370 Å². The Balaban J connectivity index is 0.898. The Kier molecular flexibility index (Phi) is 12.5. The predicted molar refractivity (Wildman–Crippen MR) is 435 cm³/mol. The summed E-state index contributed by atoms with van der Waals surface area (Å²) in [6.07, 6.45) is 0. The van der Waals surface area contributed by atoms with Crippen LogP contribution in [0.15, 0.2) is 370 Å². The van der Waals surface area contributed by atoms with Crippen molar-refractivity contribution < 1.29 is 0 Å². The molecular formula is C96H61BN6. The van der Waals surface area contributed by atoms with Crippen molar-refractivity contribution in [2.45, 2.75) is 0 Å². The smallest absolute Gasteiger partial charge is 0.252 e. The number of benzene rings is 16. The molecule has 103 heavy (non-hydrogen) atoms. The quantitative estimate of drug-likeness (QED) is 0.128. The molecule has 2 aliphatic rings. The second-order valence-electron chi connectivity index (χ2n) is 27.5. The second-order valence-corrected chi connectivity index (χ2v) is 27.5. The summed E-state index contributed by atoms with van der Waals surface area (Å²) in [6.45, 7) is -0.273. The van der Waals surface area contributed by atoms with Crippen molar-refractivity contribution in [1.82, 2.24) is 13.5 Å². The second kappa shape index (κ2) is 22.5.